The predicted molar refractivity (Wildman–Crippen MR) is 76.8 cm³/mol. The molecule has 0 aliphatic rings. The number of aromatic nitrogens is 1. The number of thiazole rings is 1. The lowest BCUT2D eigenvalue weighted by molar-refractivity contribution is 0.540. The van der Waals surface area contributed by atoms with E-state index in [1.807, 2.05) is 31.4 Å². The van der Waals surface area contributed by atoms with Crippen molar-refractivity contribution in [3.8, 4) is 0 Å². The van der Waals surface area contributed by atoms with E-state index in [-0.39, 0.29) is 6.04 Å². The Bertz CT molecular complexity index is 539. The first-order valence-electron chi connectivity index (χ1n) is 5.73. The molecule has 1 heterocycles. The molecule has 3 N–H and O–H groups in total. The van der Waals surface area contributed by atoms with Crippen LogP contribution in [0.3, 0.4) is 0 Å². The highest BCUT2D eigenvalue weighted by atomic mass is 35.5. The van der Waals surface area contributed by atoms with Gasteiger partial charge in [0.05, 0.1) is 16.7 Å². The van der Waals surface area contributed by atoms with Crippen molar-refractivity contribution >= 4 is 22.9 Å². The number of nitrogens with zero attached hydrogens (tertiary/aromatic N) is 1. The zero-order chi connectivity index (χ0) is 13.1. The lowest BCUT2D eigenvalue weighted by Crippen LogP contribution is -2.29. The highest BCUT2D eigenvalue weighted by Crippen LogP contribution is 2.24. The van der Waals surface area contributed by atoms with Gasteiger partial charge in [-0.3, -0.25) is 11.3 Å². The first kappa shape index (κ1) is 13.5. The summed E-state index contributed by atoms with van der Waals surface area (Å²) < 4.78 is 0. The van der Waals surface area contributed by atoms with Crippen LogP contribution in [0.25, 0.3) is 0 Å². The van der Waals surface area contributed by atoms with Crippen LogP contribution in [0.1, 0.15) is 27.9 Å². The molecule has 0 bridgehead atoms. The Kier molecular flexibility index (Phi) is 4.35. The van der Waals surface area contributed by atoms with Crippen molar-refractivity contribution < 1.29 is 0 Å². The van der Waals surface area contributed by atoms with Crippen LogP contribution in [-0.2, 0) is 6.42 Å². The van der Waals surface area contributed by atoms with E-state index in [9.17, 15) is 0 Å². The number of halogens is 1. The second-order valence-electron chi connectivity index (χ2n) is 4.31. The van der Waals surface area contributed by atoms with Gasteiger partial charge in [0.25, 0.3) is 0 Å². The van der Waals surface area contributed by atoms with Gasteiger partial charge in [-0.25, -0.2) is 4.98 Å². The molecule has 2 rings (SSSR count). The summed E-state index contributed by atoms with van der Waals surface area (Å²) in [5.74, 6) is 5.61. The average molecular weight is 282 g/mol. The van der Waals surface area contributed by atoms with E-state index < -0.39 is 0 Å². The van der Waals surface area contributed by atoms with Crippen molar-refractivity contribution in [2.45, 2.75) is 26.3 Å². The summed E-state index contributed by atoms with van der Waals surface area (Å²) >= 11 is 7.86. The van der Waals surface area contributed by atoms with Crippen molar-refractivity contribution in [3.05, 3.63) is 50.4 Å². The maximum Gasteiger partial charge on any atom is 0.0898 e. The third-order valence-corrected chi connectivity index (χ3v) is 3.97. The van der Waals surface area contributed by atoms with Crippen LogP contribution in [0.15, 0.2) is 23.6 Å². The molecule has 5 heteroatoms. The van der Waals surface area contributed by atoms with Gasteiger partial charge in [0, 0.05) is 10.4 Å². The van der Waals surface area contributed by atoms with E-state index in [1.54, 1.807) is 11.3 Å². The number of aryl methyl sites for hydroxylation is 2. The molecule has 0 amide bonds. The Morgan fingerprint density at radius 2 is 2.22 bits per heavy atom. The molecule has 3 nitrogen and oxygen atoms in total. The Balaban J connectivity index is 2.20. The van der Waals surface area contributed by atoms with Gasteiger partial charge < -0.3 is 0 Å². The van der Waals surface area contributed by atoms with Gasteiger partial charge in [-0.15, -0.1) is 11.3 Å². The van der Waals surface area contributed by atoms with Gasteiger partial charge in [-0.1, -0.05) is 23.7 Å². The van der Waals surface area contributed by atoms with E-state index in [4.69, 9.17) is 17.4 Å². The van der Waals surface area contributed by atoms with Crippen molar-refractivity contribution in [1.29, 1.82) is 0 Å². The molecule has 0 saturated heterocycles. The third-order valence-electron chi connectivity index (χ3n) is 2.83. The van der Waals surface area contributed by atoms with Crippen LogP contribution in [0.2, 0.25) is 5.02 Å². The van der Waals surface area contributed by atoms with Gasteiger partial charge in [0.1, 0.15) is 0 Å². The summed E-state index contributed by atoms with van der Waals surface area (Å²) in [7, 11) is 0. The summed E-state index contributed by atoms with van der Waals surface area (Å²) in [5, 5.41) is 3.85. The zero-order valence-corrected chi connectivity index (χ0v) is 12.0. The van der Waals surface area contributed by atoms with Crippen LogP contribution in [0.5, 0.6) is 0 Å². The summed E-state index contributed by atoms with van der Waals surface area (Å²) in [5.41, 5.74) is 6.01. The molecule has 1 aromatic heterocycles. The fourth-order valence-electron chi connectivity index (χ4n) is 1.83. The van der Waals surface area contributed by atoms with Gasteiger partial charge in [-0.05, 0) is 37.5 Å². The number of hydrogen-bond donors (Lipinski definition) is 2. The molecule has 0 radical (unpaired) electrons. The van der Waals surface area contributed by atoms with E-state index in [0.29, 0.717) is 0 Å². The first-order valence-corrected chi connectivity index (χ1v) is 6.99. The Hall–Kier alpha value is -0.940. The molecule has 2 aromatic rings. The lowest BCUT2D eigenvalue weighted by Gasteiger charge is -2.14. The molecular weight excluding hydrogens is 266 g/mol. The van der Waals surface area contributed by atoms with Gasteiger partial charge >= 0.3 is 0 Å². The minimum atomic E-state index is -0.00449. The molecule has 1 atom stereocenters. The molecule has 0 saturated carbocycles. The van der Waals surface area contributed by atoms with Crippen molar-refractivity contribution in [1.82, 2.24) is 10.4 Å². The largest absolute Gasteiger partial charge is 0.271 e. The van der Waals surface area contributed by atoms with Crippen molar-refractivity contribution in [2.24, 2.45) is 5.84 Å². The second kappa shape index (κ2) is 5.80. The Labute approximate surface area is 116 Å². The predicted octanol–water partition coefficient (Wildman–Crippen LogP) is 3.16. The average Bonchev–Trinajstić information content (AvgIpc) is 2.75. The monoisotopic (exact) mass is 281 g/mol. The SMILES string of the molecule is Cc1ccc(CC(NN)c2csc(C)n2)c(Cl)c1. The molecule has 0 aliphatic carbocycles. The molecule has 96 valence electrons. The Morgan fingerprint density at radius 1 is 1.44 bits per heavy atom. The number of rotatable bonds is 4. The Morgan fingerprint density at radius 3 is 2.78 bits per heavy atom. The lowest BCUT2D eigenvalue weighted by atomic mass is 10.0. The number of hydrogen-bond acceptors (Lipinski definition) is 4. The summed E-state index contributed by atoms with van der Waals surface area (Å²) in [6, 6.07) is 6.06. The number of nitrogens with two attached hydrogens (primary N) is 1. The van der Waals surface area contributed by atoms with Crippen LogP contribution in [-0.4, -0.2) is 4.98 Å². The summed E-state index contributed by atoms with van der Waals surface area (Å²) in [6.07, 6.45) is 0.735. The van der Waals surface area contributed by atoms with Gasteiger partial charge in [0.2, 0.25) is 0 Å². The minimum Gasteiger partial charge on any atom is -0.271 e. The maximum atomic E-state index is 6.24. The normalized spacial score (nSPS) is 12.7. The number of hydrazine groups is 1. The van der Waals surface area contributed by atoms with Crippen LogP contribution >= 0.6 is 22.9 Å². The molecule has 1 aromatic carbocycles. The van der Waals surface area contributed by atoms with E-state index >= 15 is 0 Å². The molecule has 0 spiro atoms. The second-order valence-corrected chi connectivity index (χ2v) is 5.78. The fourth-order valence-corrected chi connectivity index (χ4v) is 2.81. The highest BCUT2D eigenvalue weighted by molar-refractivity contribution is 7.09. The van der Waals surface area contributed by atoms with E-state index in [0.717, 1.165) is 33.3 Å². The smallest absolute Gasteiger partial charge is 0.0898 e. The van der Waals surface area contributed by atoms with Crippen LogP contribution in [0, 0.1) is 13.8 Å². The molecule has 18 heavy (non-hydrogen) atoms. The van der Waals surface area contributed by atoms with Gasteiger partial charge in [-0.2, -0.15) is 0 Å². The zero-order valence-electron chi connectivity index (χ0n) is 10.4. The molecule has 0 fully saturated rings. The maximum absolute atomic E-state index is 6.24. The number of nitrogens with one attached hydrogen (secondary N) is 1. The third kappa shape index (κ3) is 3.09. The molecular formula is C13H16ClN3S. The van der Waals surface area contributed by atoms with E-state index in [2.05, 4.69) is 16.5 Å². The number of benzene rings is 1. The topological polar surface area (TPSA) is 50.9 Å². The molecule has 0 aliphatic heterocycles. The summed E-state index contributed by atoms with van der Waals surface area (Å²) in [4.78, 5) is 4.46. The summed E-state index contributed by atoms with van der Waals surface area (Å²) in [6.45, 7) is 4.01. The highest BCUT2D eigenvalue weighted by Gasteiger charge is 2.15. The molecule has 1 unspecified atom stereocenters. The van der Waals surface area contributed by atoms with Crippen molar-refractivity contribution in [3.63, 3.8) is 0 Å². The minimum absolute atomic E-state index is 0.00449. The fraction of sp³-hybridized carbons (Fsp3) is 0.308. The standard InChI is InChI=1S/C13H16ClN3S/c1-8-3-4-10(11(14)5-8)6-12(17-15)13-7-18-9(2)16-13/h3-5,7,12,17H,6,15H2,1-2H3. The van der Waals surface area contributed by atoms with Crippen LogP contribution < -0.4 is 11.3 Å². The van der Waals surface area contributed by atoms with Crippen LogP contribution in [0.4, 0.5) is 0 Å². The first-order chi connectivity index (χ1) is 8.60. The van der Waals surface area contributed by atoms with Crippen molar-refractivity contribution in [2.75, 3.05) is 0 Å². The van der Waals surface area contributed by atoms with Gasteiger partial charge in [0.15, 0.2) is 0 Å². The quantitative estimate of drug-likeness (QED) is 0.669. The van der Waals surface area contributed by atoms with E-state index in [1.165, 1.54) is 0 Å².